The van der Waals surface area contributed by atoms with Crippen LogP contribution in [0.2, 0.25) is 0 Å². The van der Waals surface area contributed by atoms with Crippen molar-refractivity contribution in [1.82, 2.24) is 10.3 Å². The molecule has 0 fully saturated rings. The van der Waals surface area contributed by atoms with Gasteiger partial charge in [-0.05, 0) is 44.5 Å². The Balaban J connectivity index is 1.90. The maximum Gasteiger partial charge on any atom is 0.354 e. The maximum absolute atomic E-state index is 12.1. The van der Waals surface area contributed by atoms with Gasteiger partial charge in [-0.1, -0.05) is 0 Å². The van der Waals surface area contributed by atoms with Crippen molar-refractivity contribution in [3.63, 3.8) is 0 Å². The molecule has 0 aliphatic heterocycles. The first-order valence-electron chi connectivity index (χ1n) is 7.01. The summed E-state index contributed by atoms with van der Waals surface area (Å²) < 4.78 is 5.48. The molecule has 0 bridgehead atoms. The van der Waals surface area contributed by atoms with E-state index >= 15 is 0 Å². The lowest BCUT2D eigenvalue weighted by molar-refractivity contribution is 0.0690. The predicted octanol–water partition coefficient (Wildman–Crippen LogP) is 2.43. The van der Waals surface area contributed by atoms with E-state index in [2.05, 4.69) is 10.3 Å². The van der Waals surface area contributed by atoms with Crippen LogP contribution in [0, 0.1) is 6.92 Å². The van der Waals surface area contributed by atoms with Gasteiger partial charge in [0.15, 0.2) is 0 Å². The predicted molar refractivity (Wildman–Crippen MR) is 79.9 cm³/mol. The number of rotatable bonds is 6. The van der Waals surface area contributed by atoms with Crippen LogP contribution >= 0.6 is 0 Å². The minimum absolute atomic E-state index is 0.0562. The van der Waals surface area contributed by atoms with Crippen molar-refractivity contribution >= 4 is 11.9 Å². The fourth-order valence-electron chi connectivity index (χ4n) is 2.05. The average Bonchev–Trinajstić information content (AvgIpc) is 2.91. The highest BCUT2D eigenvalue weighted by Crippen LogP contribution is 2.10. The van der Waals surface area contributed by atoms with Crippen molar-refractivity contribution in [3.05, 3.63) is 53.2 Å². The Kier molecular flexibility index (Phi) is 4.93. The zero-order chi connectivity index (χ0) is 16.1. The summed E-state index contributed by atoms with van der Waals surface area (Å²) in [5.74, 6) is 0.282. The van der Waals surface area contributed by atoms with E-state index in [1.165, 1.54) is 18.3 Å². The molecule has 2 N–H and O–H groups in total. The monoisotopic (exact) mass is 302 g/mol. The lowest BCUT2D eigenvalue weighted by atomic mass is 10.1. The summed E-state index contributed by atoms with van der Waals surface area (Å²) in [5.41, 5.74) is 0.138. The van der Waals surface area contributed by atoms with E-state index in [9.17, 15) is 9.59 Å². The van der Waals surface area contributed by atoms with Gasteiger partial charge in [-0.15, -0.1) is 0 Å². The highest BCUT2D eigenvalue weighted by molar-refractivity contribution is 5.96. The zero-order valence-corrected chi connectivity index (χ0v) is 12.5. The third-order valence-electron chi connectivity index (χ3n) is 3.24. The fourth-order valence-corrected chi connectivity index (χ4v) is 2.05. The summed E-state index contributed by atoms with van der Waals surface area (Å²) in [5, 5.41) is 11.7. The molecule has 2 heterocycles. The summed E-state index contributed by atoms with van der Waals surface area (Å²) in [4.78, 5) is 26.6. The Hall–Kier alpha value is -2.63. The van der Waals surface area contributed by atoms with Gasteiger partial charge in [0.25, 0.3) is 5.91 Å². The molecule has 1 unspecified atom stereocenters. The van der Waals surface area contributed by atoms with Gasteiger partial charge < -0.3 is 14.8 Å². The Morgan fingerprint density at radius 1 is 1.36 bits per heavy atom. The quantitative estimate of drug-likeness (QED) is 0.855. The second kappa shape index (κ2) is 6.89. The average molecular weight is 302 g/mol. The SMILES string of the molecule is Cc1ccc(CCC(C)NC(=O)c2ccnc(C(=O)O)c2)o1. The molecule has 6 heteroatoms. The second-order valence-electron chi connectivity index (χ2n) is 5.16. The molecule has 1 atom stereocenters. The van der Waals surface area contributed by atoms with Crippen LogP contribution in [0.3, 0.4) is 0 Å². The molecule has 0 radical (unpaired) electrons. The molecule has 0 saturated heterocycles. The number of hydrogen-bond acceptors (Lipinski definition) is 4. The van der Waals surface area contributed by atoms with E-state index in [-0.39, 0.29) is 23.2 Å². The third-order valence-corrected chi connectivity index (χ3v) is 3.24. The second-order valence-corrected chi connectivity index (χ2v) is 5.16. The number of carboxylic acid groups (broad SMARTS) is 1. The lowest BCUT2D eigenvalue weighted by Crippen LogP contribution is -2.33. The van der Waals surface area contributed by atoms with Crippen LogP contribution in [0.4, 0.5) is 0 Å². The van der Waals surface area contributed by atoms with Gasteiger partial charge in [0, 0.05) is 24.2 Å². The highest BCUT2D eigenvalue weighted by atomic mass is 16.4. The molecule has 0 aliphatic carbocycles. The van der Waals surface area contributed by atoms with Gasteiger partial charge in [-0.25, -0.2) is 9.78 Å². The number of carbonyl (C=O) groups excluding carboxylic acids is 1. The summed E-state index contributed by atoms with van der Waals surface area (Å²) in [6.45, 7) is 3.78. The topological polar surface area (TPSA) is 92.4 Å². The van der Waals surface area contributed by atoms with Crippen molar-refractivity contribution in [2.24, 2.45) is 0 Å². The van der Waals surface area contributed by atoms with Crippen molar-refractivity contribution < 1.29 is 19.1 Å². The number of nitrogens with zero attached hydrogens (tertiary/aromatic N) is 1. The maximum atomic E-state index is 12.1. The molecule has 116 valence electrons. The minimum Gasteiger partial charge on any atom is -0.477 e. The fraction of sp³-hybridized carbons (Fsp3) is 0.312. The van der Waals surface area contributed by atoms with Gasteiger partial charge in [-0.3, -0.25) is 4.79 Å². The summed E-state index contributed by atoms with van der Waals surface area (Å²) in [7, 11) is 0. The molecule has 0 aliphatic rings. The van der Waals surface area contributed by atoms with E-state index in [1.54, 1.807) is 0 Å². The van der Waals surface area contributed by atoms with Crippen LogP contribution in [0.5, 0.6) is 0 Å². The number of nitrogens with one attached hydrogen (secondary N) is 1. The smallest absolute Gasteiger partial charge is 0.354 e. The summed E-state index contributed by atoms with van der Waals surface area (Å²) in [6, 6.07) is 6.53. The highest BCUT2D eigenvalue weighted by Gasteiger charge is 2.13. The third kappa shape index (κ3) is 4.18. The number of carboxylic acids is 1. The number of carbonyl (C=O) groups is 2. The molecule has 2 aromatic heterocycles. The molecule has 0 saturated carbocycles. The first-order chi connectivity index (χ1) is 10.5. The lowest BCUT2D eigenvalue weighted by Gasteiger charge is -2.13. The number of pyridine rings is 1. The van der Waals surface area contributed by atoms with E-state index in [4.69, 9.17) is 9.52 Å². The van der Waals surface area contributed by atoms with E-state index in [1.807, 2.05) is 26.0 Å². The molecular formula is C16H18N2O4. The molecule has 2 aromatic rings. The van der Waals surface area contributed by atoms with Crippen LogP contribution < -0.4 is 5.32 Å². The van der Waals surface area contributed by atoms with Gasteiger partial charge in [0.2, 0.25) is 0 Å². The van der Waals surface area contributed by atoms with Gasteiger partial charge >= 0.3 is 5.97 Å². The molecule has 6 nitrogen and oxygen atoms in total. The van der Waals surface area contributed by atoms with Crippen molar-refractivity contribution in [2.75, 3.05) is 0 Å². The molecular weight excluding hydrogens is 284 g/mol. The van der Waals surface area contributed by atoms with Crippen LogP contribution in [-0.2, 0) is 6.42 Å². The summed E-state index contributed by atoms with van der Waals surface area (Å²) >= 11 is 0. The number of aryl methyl sites for hydroxylation is 2. The van der Waals surface area contributed by atoms with Crippen LogP contribution in [-0.4, -0.2) is 28.0 Å². The van der Waals surface area contributed by atoms with Crippen LogP contribution in [0.25, 0.3) is 0 Å². The standard InChI is InChI=1S/C16H18N2O4/c1-10(3-5-13-6-4-11(2)22-13)18-15(19)12-7-8-17-14(9-12)16(20)21/h4,6-10H,3,5H2,1-2H3,(H,18,19)(H,20,21). The number of furan rings is 1. The van der Waals surface area contributed by atoms with Crippen molar-refractivity contribution in [2.45, 2.75) is 32.7 Å². The van der Waals surface area contributed by atoms with Gasteiger partial charge in [0.05, 0.1) is 0 Å². The van der Waals surface area contributed by atoms with Gasteiger partial charge in [0.1, 0.15) is 17.2 Å². The number of aromatic nitrogens is 1. The first-order valence-corrected chi connectivity index (χ1v) is 7.01. The molecule has 1 amide bonds. The Morgan fingerprint density at radius 3 is 2.77 bits per heavy atom. The first kappa shape index (κ1) is 15.8. The van der Waals surface area contributed by atoms with Crippen LogP contribution in [0.1, 0.15) is 45.7 Å². The van der Waals surface area contributed by atoms with E-state index in [0.29, 0.717) is 0 Å². The minimum atomic E-state index is -1.16. The number of hydrogen-bond donors (Lipinski definition) is 2. The molecule has 0 spiro atoms. The van der Waals surface area contributed by atoms with E-state index < -0.39 is 5.97 Å². The van der Waals surface area contributed by atoms with Crippen LogP contribution in [0.15, 0.2) is 34.9 Å². The summed E-state index contributed by atoms with van der Waals surface area (Å²) in [6.07, 6.45) is 2.77. The van der Waals surface area contributed by atoms with Gasteiger partial charge in [-0.2, -0.15) is 0 Å². The van der Waals surface area contributed by atoms with E-state index in [0.717, 1.165) is 24.4 Å². The largest absolute Gasteiger partial charge is 0.477 e. The number of amides is 1. The normalized spacial score (nSPS) is 11.9. The Labute approximate surface area is 128 Å². The molecule has 2 rings (SSSR count). The zero-order valence-electron chi connectivity index (χ0n) is 12.5. The van der Waals surface area contributed by atoms with Crippen molar-refractivity contribution in [3.8, 4) is 0 Å². The molecule has 0 aromatic carbocycles. The Bertz CT molecular complexity index is 678. The number of aromatic carboxylic acids is 1. The molecule has 22 heavy (non-hydrogen) atoms. The van der Waals surface area contributed by atoms with Crippen molar-refractivity contribution in [1.29, 1.82) is 0 Å². The Morgan fingerprint density at radius 2 is 2.14 bits per heavy atom.